The molecule has 0 heterocycles. The highest BCUT2D eigenvalue weighted by Gasteiger charge is 2.19. The fourth-order valence-electron chi connectivity index (χ4n) is 3.41. The topological polar surface area (TPSA) is 0 Å². The van der Waals surface area contributed by atoms with Crippen LogP contribution in [0.3, 0.4) is 0 Å². The smallest absolute Gasteiger partial charge is 0.0938 e. The summed E-state index contributed by atoms with van der Waals surface area (Å²) in [5, 5.41) is 4.75. The third-order valence-corrected chi connectivity index (χ3v) is 8.77. The molecule has 0 aliphatic rings. The fraction of sp³-hybridized carbons (Fsp3) is 0.900. The molecule has 0 nitrogen and oxygen atoms in total. The number of hydrogen-bond acceptors (Lipinski definition) is 0. The minimum Gasteiger partial charge on any atom is -0.0938 e. The maximum Gasteiger partial charge on any atom is 0.262 e. The van der Waals surface area contributed by atoms with Crippen LogP contribution in [0.1, 0.15) is 86.0 Å². The normalized spacial score (nSPS) is 12.0. The predicted octanol–water partition coefficient (Wildman–Crippen LogP) is 7.49. The third-order valence-electron chi connectivity index (χ3n) is 4.33. The van der Waals surface area contributed by atoms with Crippen molar-refractivity contribution in [3.05, 3.63) is 12.2 Å². The summed E-state index contributed by atoms with van der Waals surface area (Å²) in [6, 6.07) is 0. The van der Waals surface area contributed by atoms with E-state index in [1.54, 1.807) is 15.8 Å². The van der Waals surface area contributed by atoms with Crippen LogP contribution in [0.2, 0.25) is 15.8 Å². The predicted molar refractivity (Wildman–Crippen MR) is 102 cm³/mol. The molecule has 0 saturated carbocycles. The summed E-state index contributed by atoms with van der Waals surface area (Å²) in [6.07, 6.45) is 16.0. The molecule has 0 bridgehead atoms. The first-order valence-electron chi connectivity index (χ1n) is 9.67. The fourth-order valence-corrected chi connectivity index (χ4v) is 7.61. The monoisotopic (exact) mass is 308 g/mol. The van der Waals surface area contributed by atoms with Gasteiger partial charge in [-0.3, -0.25) is 0 Å². The molecule has 0 unspecified atom stereocenters. The maximum absolute atomic E-state index is 2.41. The van der Waals surface area contributed by atoms with E-state index in [0.29, 0.717) is 0 Å². The molecule has 0 atom stereocenters. The Balaban J connectivity index is 3.48. The van der Waals surface area contributed by atoms with Gasteiger partial charge < -0.3 is 0 Å². The van der Waals surface area contributed by atoms with Gasteiger partial charge in [0.15, 0.2) is 0 Å². The van der Waals surface area contributed by atoms with Gasteiger partial charge in [-0.25, -0.2) is 0 Å². The summed E-state index contributed by atoms with van der Waals surface area (Å²) in [6.45, 7) is 11.8. The van der Waals surface area contributed by atoms with Crippen molar-refractivity contribution in [2.45, 2.75) is 102 Å². The molecule has 1 heteroatoms. The minimum atomic E-state index is -0.435. The van der Waals surface area contributed by atoms with E-state index in [0.717, 1.165) is 11.8 Å². The summed E-state index contributed by atoms with van der Waals surface area (Å²) < 4.78 is 0. The number of hydrogen-bond donors (Lipinski definition) is 0. The summed E-state index contributed by atoms with van der Waals surface area (Å²) in [4.78, 5) is 0. The largest absolute Gasteiger partial charge is 0.262 e. The van der Waals surface area contributed by atoms with Crippen LogP contribution in [0.15, 0.2) is 12.2 Å². The van der Waals surface area contributed by atoms with E-state index >= 15 is 0 Å². The van der Waals surface area contributed by atoms with E-state index in [-0.39, 0.29) is 0 Å². The van der Waals surface area contributed by atoms with E-state index in [9.17, 15) is 0 Å². The molecule has 0 aromatic carbocycles. The number of allylic oxidation sites excluding steroid dienone is 2. The molecule has 21 heavy (non-hydrogen) atoms. The second-order valence-electron chi connectivity index (χ2n) is 7.75. The van der Waals surface area contributed by atoms with Crippen molar-refractivity contribution in [3.8, 4) is 0 Å². The molecule has 0 aromatic rings. The van der Waals surface area contributed by atoms with Crippen molar-refractivity contribution in [2.24, 2.45) is 11.8 Å². The van der Waals surface area contributed by atoms with Gasteiger partial charge in [0.05, 0.1) is 0 Å². The van der Waals surface area contributed by atoms with Crippen LogP contribution >= 0.6 is 0 Å². The highest BCUT2D eigenvalue weighted by Crippen LogP contribution is 2.20. The minimum absolute atomic E-state index is 0.435. The van der Waals surface area contributed by atoms with Gasteiger partial charge >= 0.3 is 0 Å². The second-order valence-corrected chi connectivity index (χ2v) is 11.0. The van der Waals surface area contributed by atoms with Gasteiger partial charge in [-0.15, -0.1) is 0 Å². The molecule has 0 N–H and O–H groups in total. The summed E-state index contributed by atoms with van der Waals surface area (Å²) >= 11 is -0.435. The van der Waals surface area contributed by atoms with Gasteiger partial charge in [-0.2, -0.15) is 0 Å². The zero-order chi connectivity index (χ0) is 15.9. The van der Waals surface area contributed by atoms with Crippen LogP contribution in [0.5, 0.6) is 0 Å². The van der Waals surface area contributed by atoms with Crippen LogP contribution in [0.25, 0.3) is 0 Å². The van der Waals surface area contributed by atoms with Crippen molar-refractivity contribution in [1.82, 2.24) is 0 Å². The first-order valence-corrected chi connectivity index (χ1v) is 12.1. The Morgan fingerprint density at radius 3 is 1.67 bits per heavy atom. The van der Waals surface area contributed by atoms with Gasteiger partial charge in [-0.05, 0) is 19.8 Å². The molecule has 0 spiro atoms. The Labute approximate surface area is 140 Å². The van der Waals surface area contributed by atoms with Crippen molar-refractivity contribution in [2.75, 3.05) is 0 Å². The summed E-state index contributed by atoms with van der Waals surface area (Å²) in [5.41, 5.74) is 0. The summed E-state index contributed by atoms with van der Waals surface area (Å²) in [5.74, 6) is 1.86. The van der Waals surface area contributed by atoms with Gasteiger partial charge in [0.25, 0.3) is 14.1 Å². The Kier molecular flexibility index (Phi) is 15.4. The molecule has 0 saturated heterocycles. The molecular formula is C20H41Al. The molecule has 0 aromatic heterocycles. The lowest BCUT2D eigenvalue weighted by Gasteiger charge is -2.16. The van der Waals surface area contributed by atoms with E-state index in [1.807, 2.05) is 0 Å². The molecule has 0 rings (SSSR count). The lowest BCUT2D eigenvalue weighted by molar-refractivity contribution is 0.589. The zero-order valence-corrected chi connectivity index (χ0v) is 16.8. The standard InChI is InChI=1S/C12H23.2C4H9.Al/c1-3-5-7-9-11-12-10-8-6-4-2;2*1-4(2)3;/h4,6H,1,3,5,7-12H2,2H3;2*4H,1H2,2-3H3;/b6-4+;;;. The van der Waals surface area contributed by atoms with Crippen molar-refractivity contribution in [1.29, 1.82) is 0 Å². The Bertz CT molecular complexity index is 220. The lowest BCUT2D eigenvalue weighted by Crippen LogP contribution is -2.17. The highest BCUT2D eigenvalue weighted by atomic mass is 27.2. The van der Waals surface area contributed by atoms with Gasteiger partial charge in [0.2, 0.25) is 0 Å². The van der Waals surface area contributed by atoms with E-state index in [4.69, 9.17) is 0 Å². The molecule has 0 aliphatic heterocycles. The van der Waals surface area contributed by atoms with E-state index in [2.05, 4.69) is 46.8 Å². The first kappa shape index (κ1) is 21.3. The average molecular weight is 309 g/mol. The lowest BCUT2D eigenvalue weighted by atomic mass is 10.1. The summed E-state index contributed by atoms with van der Waals surface area (Å²) in [7, 11) is 0. The number of rotatable bonds is 14. The van der Waals surface area contributed by atoms with Crippen LogP contribution in [-0.4, -0.2) is 14.1 Å². The van der Waals surface area contributed by atoms with Crippen LogP contribution < -0.4 is 0 Å². The van der Waals surface area contributed by atoms with Gasteiger partial charge in [0.1, 0.15) is 0 Å². The van der Waals surface area contributed by atoms with Crippen LogP contribution in [0.4, 0.5) is 0 Å². The SMILES string of the molecule is C/C=C/CCCCCCCC[CH2][Al]([CH2]C(C)C)[CH2]C(C)C. The van der Waals surface area contributed by atoms with Gasteiger partial charge in [-0.1, -0.05) is 106 Å². The third kappa shape index (κ3) is 16.5. The highest BCUT2D eigenvalue weighted by molar-refractivity contribution is 6.58. The molecule has 0 amide bonds. The maximum atomic E-state index is 2.41. The average Bonchev–Trinajstić information content (AvgIpc) is 2.39. The van der Waals surface area contributed by atoms with Crippen LogP contribution in [-0.2, 0) is 0 Å². The van der Waals surface area contributed by atoms with Crippen molar-refractivity contribution >= 4 is 14.1 Å². The van der Waals surface area contributed by atoms with Crippen molar-refractivity contribution < 1.29 is 0 Å². The quantitative estimate of drug-likeness (QED) is 0.177. The number of unbranched alkanes of at least 4 members (excludes halogenated alkanes) is 7. The Morgan fingerprint density at radius 1 is 0.714 bits per heavy atom. The van der Waals surface area contributed by atoms with E-state index in [1.165, 1.54) is 51.4 Å². The first-order chi connectivity index (χ1) is 10.1. The molecule has 0 aliphatic carbocycles. The second kappa shape index (κ2) is 15.2. The molecule has 0 fully saturated rings. The Hall–Kier alpha value is 0.272. The Morgan fingerprint density at radius 2 is 1.19 bits per heavy atom. The molecule has 0 radical (unpaired) electrons. The van der Waals surface area contributed by atoms with Crippen LogP contribution in [0, 0.1) is 11.8 Å². The molecular weight excluding hydrogens is 267 g/mol. The molecule has 124 valence electrons. The van der Waals surface area contributed by atoms with Gasteiger partial charge in [0, 0.05) is 0 Å². The zero-order valence-electron chi connectivity index (χ0n) is 15.7. The van der Waals surface area contributed by atoms with Crippen molar-refractivity contribution in [3.63, 3.8) is 0 Å². The van der Waals surface area contributed by atoms with E-state index < -0.39 is 14.1 Å².